The molecule has 2 rings (SSSR count). The SMILES string of the molecule is O=C(O)C1(C(=O)Cc2cccc(F)c2)CC1. The standard InChI is InChI=1S/C12H11FO3/c13-9-3-1-2-8(6-9)7-10(14)12(4-5-12)11(15)16/h1-3,6H,4-5,7H2,(H,15,16). The highest BCUT2D eigenvalue weighted by atomic mass is 19.1. The highest BCUT2D eigenvalue weighted by Crippen LogP contribution is 2.47. The highest BCUT2D eigenvalue weighted by Gasteiger charge is 2.56. The summed E-state index contributed by atoms with van der Waals surface area (Å²) in [5, 5.41) is 8.91. The lowest BCUT2D eigenvalue weighted by Crippen LogP contribution is -2.26. The Morgan fingerprint density at radius 2 is 2.06 bits per heavy atom. The summed E-state index contributed by atoms with van der Waals surface area (Å²) in [6.45, 7) is 0. The Labute approximate surface area is 91.9 Å². The predicted octanol–water partition coefficient (Wildman–Crippen LogP) is 1.80. The van der Waals surface area contributed by atoms with E-state index in [1.807, 2.05) is 0 Å². The van der Waals surface area contributed by atoms with Crippen LogP contribution >= 0.6 is 0 Å². The molecule has 1 aromatic rings. The smallest absolute Gasteiger partial charge is 0.317 e. The van der Waals surface area contributed by atoms with Gasteiger partial charge in [-0.15, -0.1) is 0 Å². The van der Waals surface area contributed by atoms with E-state index < -0.39 is 17.2 Å². The largest absolute Gasteiger partial charge is 0.480 e. The molecule has 0 radical (unpaired) electrons. The van der Waals surface area contributed by atoms with Crippen LogP contribution in [-0.4, -0.2) is 16.9 Å². The summed E-state index contributed by atoms with van der Waals surface area (Å²) in [5.41, 5.74) is -0.663. The predicted molar refractivity (Wildman–Crippen MR) is 54.4 cm³/mol. The van der Waals surface area contributed by atoms with Crippen molar-refractivity contribution in [2.75, 3.05) is 0 Å². The molecule has 1 saturated carbocycles. The molecular formula is C12H11FO3. The maximum atomic E-state index is 12.9. The number of hydrogen-bond acceptors (Lipinski definition) is 2. The van der Waals surface area contributed by atoms with Crippen LogP contribution in [0.25, 0.3) is 0 Å². The molecule has 84 valence electrons. The summed E-state index contributed by atoms with van der Waals surface area (Å²) < 4.78 is 12.9. The molecule has 4 heteroatoms. The van der Waals surface area contributed by atoms with Gasteiger partial charge < -0.3 is 5.11 Å². The Bertz CT molecular complexity index is 449. The minimum Gasteiger partial charge on any atom is -0.480 e. The topological polar surface area (TPSA) is 54.4 Å². The lowest BCUT2D eigenvalue weighted by molar-refractivity contribution is -0.148. The van der Waals surface area contributed by atoms with Gasteiger partial charge in [0.25, 0.3) is 0 Å². The van der Waals surface area contributed by atoms with Crippen LogP contribution in [-0.2, 0) is 16.0 Å². The molecule has 0 heterocycles. The second-order valence-corrected chi connectivity index (χ2v) is 4.12. The number of rotatable bonds is 4. The Balaban J connectivity index is 2.11. The third-order valence-electron chi connectivity index (χ3n) is 2.95. The first kappa shape index (κ1) is 10.8. The van der Waals surface area contributed by atoms with Crippen LogP contribution in [0.4, 0.5) is 4.39 Å². The van der Waals surface area contributed by atoms with E-state index in [0.717, 1.165) is 0 Å². The zero-order valence-corrected chi connectivity index (χ0v) is 8.57. The van der Waals surface area contributed by atoms with Gasteiger partial charge in [-0.25, -0.2) is 4.39 Å². The fourth-order valence-corrected chi connectivity index (χ4v) is 1.74. The summed E-state index contributed by atoms with van der Waals surface area (Å²) in [6, 6.07) is 5.69. The second kappa shape index (κ2) is 3.70. The lowest BCUT2D eigenvalue weighted by Gasteiger charge is -2.08. The number of halogens is 1. The van der Waals surface area contributed by atoms with Crippen molar-refractivity contribution in [3.05, 3.63) is 35.6 Å². The fourth-order valence-electron chi connectivity index (χ4n) is 1.74. The highest BCUT2D eigenvalue weighted by molar-refractivity contribution is 6.06. The van der Waals surface area contributed by atoms with Crippen molar-refractivity contribution in [2.24, 2.45) is 5.41 Å². The molecule has 0 aromatic heterocycles. The van der Waals surface area contributed by atoms with Gasteiger partial charge in [0.05, 0.1) is 0 Å². The number of benzene rings is 1. The zero-order valence-electron chi connectivity index (χ0n) is 8.57. The zero-order chi connectivity index (χ0) is 11.8. The van der Waals surface area contributed by atoms with Crippen LogP contribution in [0.15, 0.2) is 24.3 Å². The van der Waals surface area contributed by atoms with Crippen molar-refractivity contribution in [1.29, 1.82) is 0 Å². The van der Waals surface area contributed by atoms with Gasteiger partial charge in [-0.1, -0.05) is 12.1 Å². The van der Waals surface area contributed by atoms with E-state index in [1.54, 1.807) is 6.07 Å². The van der Waals surface area contributed by atoms with Gasteiger partial charge in [0.1, 0.15) is 11.2 Å². The summed E-state index contributed by atoms with van der Waals surface area (Å²) >= 11 is 0. The van der Waals surface area contributed by atoms with E-state index in [0.29, 0.717) is 18.4 Å². The number of carboxylic acid groups (broad SMARTS) is 1. The summed E-state index contributed by atoms with van der Waals surface area (Å²) in [5.74, 6) is -1.80. The number of carboxylic acids is 1. The monoisotopic (exact) mass is 222 g/mol. The quantitative estimate of drug-likeness (QED) is 0.790. The molecule has 1 aliphatic rings. The van der Waals surface area contributed by atoms with E-state index in [9.17, 15) is 14.0 Å². The maximum absolute atomic E-state index is 12.9. The summed E-state index contributed by atoms with van der Waals surface area (Å²) in [6.07, 6.45) is 0.789. The van der Waals surface area contributed by atoms with Crippen molar-refractivity contribution >= 4 is 11.8 Å². The molecule has 1 fully saturated rings. The van der Waals surface area contributed by atoms with Crippen LogP contribution in [0.5, 0.6) is 0 Å². The van der Waals surface area contributed by atoms with E-state index in [-0.39, 0.29) is 12.2 Å². The van der Waals surface area contributed by atoms with Crippen LogP contribution in [0.2, 0.25) is 0 Å². The minimum absolute atomic E-state index is 0.00986. The number of aliphatic carboxylic acids is 1. The summed E-state index contributed by atoms with van der Waals surface area (Å²) in [4.78, 5) is 22.6. The number of carbonyl (C=O) groups excluding carboxylic acids is 1. The molecule has 0 saturated heterocycles. The number of carbonyl (C=O) groups is 2. The average Bonchev–Trinajstić information content (AvgIpc) is 2.97. The minimum atomic E-state index is -1.19. The van der Waals surface area contributed by atoms with Crippen molar-refractivity contribution in [1.82, 2.24) is 0 Å². The van der Waals surface area contributed by atoms with Crippen LogP contribution in [0.3, 0.4) is 0 Å². The van der Waals surface area contributed by atoms with E-state index in [2.05, 4.69) is 0 Å². The van der Waals surface area contributed by atoms with Gasteiger partial charge >= 0.3 is 5.97 Å². The molecule has 0 atom stereocenters. The Morgan fingerprint density at radius 3 is 2.56 bits per heavy atom. The van der Waals surface area contributed by atoms with Crippen molar-refractivity contribution < 1.29 is 19.1 Å². The normalized spacial score (nSPS) is 16.8. The molecule has 1 N–H and O–H groups in total. The first-order valence-electron chi connectivity index (χ1n) is 5.06. The Kier molecular flexibility index (Phi) is 2.50. The maximum Gasteiger partial charge on any atom is 0.317 e. The third-order valence-corrected chi connectivity index (χ3v) is 2.95. The molecule has 0 spiro atoms. The van der Waals surface area contributed by atoms with Gasteiger partial charge in [0.2, 0.25) is 0 Å². The van der Waals surface area contributed by atoms with Gasteiger partial charge in [-0.05, 0) is 30.5 Å². The molecule has 0 unspecified atom stereocenters. The number of ketones is 1. The molecule has 0 bridgehead atoms. The Hall–Kier alpha value is -1.71. The third kappa shape index (κ3) is 1.83. The van der Waals surface area contributed by atoms with Crippen molar-refractivity contribution in [3.63, 3.8) is 0 Å². The number of hydrogen-bond donors (Lipinski definition) is 1. The molecule has 0 aliphatic heterocycles. The molecule has 0 amide bonds. The second-order valence-electron chi connectivity index (χ2n) is 4.12. The summed E-state index contributed by atoms with van der Waals surface area (Å²) in [7, 11) is 0. The van der Waals surface area contributed by atoms with E-state index >= 15 is 0 Å². The first-order chi connectivity index (χ1) is 7.54. The van der Waals surface area contributed by atoms with Gasteiger partial charge in [-0.3, -0.25) is 9.59 Å². The van der Waals surface area contributed by atoms with Gasteiger partial charge in [0, 0.05) is 6.42 Å². The van der Waals surface area contributed by atoms with E-state index in [1.165, 1.54) is 18.2 Å². The fraction of sp³-hybridized carbons (Fsp3) is 0.333. The average molecular weight is 222 g/mol. The molecule has 16 heavy (non-hydrogen) atoms. The van der Waals surface area contributed by atoms with Crippen LogP contribution < -0.4 is 0 Å². The first-order valence-corrected chi connectivity index (χ1v) is 5.06. The van der Waals surface area contributed by atoms with Crippen molar-refractivity contribution in [2.45, 2.75) is 19.3 Å². The molecule has 3 nitrogen and oxygen atoms in total. The van der Waals surface area contributed by atoms with Gasteiger partial charge in [0.15, 0.2) is 5.78 Å². The van der Waals surface area contributed by atoms with Gasteiger partial charge in [-0.2, -0.15) is 0 Å². The van der Waals surface area contributed by atoms with Crippen LogP contribution in [0.1, 0.15) is 18.4 Å². The molecular weight excluding hydrogens is 211 g/mol. The Morgan fingerprint density at radius 1 is 1.38 bits per heavy atom. The van der Waals surface area contributed by atoms with Crippen molar-refractivity contribution in [3.8, 4) is 0 Å². The van der Waals surface area contributed by atoms with Crippen LogP contribution in [0, 0.1) is 11.2 Å². The molecule has 1 aromatic carbocycles. The van der Waals surface area contributed by atoms with E-state index in [4.69, 9.17) is 5.11 Å². The lowest BCUT2D eigenvalue weighted by atomic mass is 9.95. The molecule has 1 aliphatic carbocycles. The number of Topliss-reactive ketones (excluding diaryl/α,β-unsaturated/α-hetero) is 1.